The number of nitrogens with zero attached hydrogens (tertiary/aromatic N) is 3. The lowest BCUT2D eigenvalue weighted by Crippen LogP contribution is -2.45. The van der Waals surface area contributed by atoms with Crippen LogP contribution >= 0.6 is 0 Å². The number of aromatic nitrogens is 2. The largest absolute Gasteiger partial charge is 0.336 e. The van der Waals surface area contributed by atoms with Gasteiger partial charge in [-0.1, -0.05) is 18.2 Å². The van der Waals surface area contributed by atoms with Crippen molar-refractivity contribution in [1.82, 2.24) is 20.0 Å². The van der Waals surface area contributed by atoms with E-state index >= 15 is 0 Å². The smallest absolute Gasteiger partial charge is 0.240 e. The maximum atomic E-state index is 12.5. The van der Waals surface area contributed by atoms with Gasteiger partial charge < -0.3 is 10.2 Å². The Bertz CT molecular complexity index is 673. The van der Waals surface area contributed by atoms with Gasteiger partial charge in [-0.3, -0.25) is 4.79 Å². The number of hydrogen-bond acceptors (Lipinski definition) is 3. The zero-order valence-corrected chi connectivity index (χ0v) is 12.5. The number of rotatable bonds is 2. The summed E-state index contributed by atoms with van der Waals surface area (Å²) >= 11 is 0. The number of para-hydroxylation sites is 1. The maximum absolute atomic E-state index is 12.5. The highest BCUT2D eigenvalue weighted by Crippen LogP contribution is 2.23. The monoisotopic (exact) mass is 296 g/mol. The van der Waals surface area contributed by atoms with Gasteiger partial charge in [0.1, 0.15) is 0 Å². The molecule has 2 aromatic rings. The van der Waals surface area contributed by atoms with Crippen molar-refractivity contribution in [3.8, 4) is 5.69 Å². The zero-order chi connectivity index (χ0) is 14.9. The Morgan fingerprint density at radius 2 is 2.14 bits per heavy atom. The van der Waals surface area contributed by atoms with Crippen molar-refractivity contribution in [3.63, 3.8) is 0 Å². The van der Waals surface area contributed by atoms with E-state index < -0.39 is 0 Å². The molecule has 3 heterocycles. The van der Waals surface area contributed by atoms with Gasteiger partial charge in [0.05, 0.1) is 23.6 Å². The molecule has 2 aliphatic heterocycles. The van der Waals surface area contributed by atoms with Gasteiger partial charge in [0.25, 0.3) is 0 Å². The Hall–Kier alpha value is -2.14. The van der Waals surface area contributed by atoms with Gasteiger partial charge in [-0.2, -0.15) is 5.10 Å². The maximum Gasteiger partial charge on any atom is 0.240 e. The van der Waals surface area contributed by atoms with Gasteiger partial charge in [0.2, 0.25) is 5.91 Å². The van der Waals surface area contributed by atoms with E-state index in [1.165, 1.54) is 11.3 Å². The van der Waals surface area contributed by atoms with E-state index in [1.54, 1.807) is 0 Å². The van der Waals surface area contributed by atoms with E-state index in [0.717, 1.165) is 38.0 Å². The summed E-state index contributed by atoms with van der Waals surface area (Å²) in [4.78, 5) is 14.5. The standard InChI is InChI=1S/C17H20N4O/c22-17(15-7-4-9-18-15)20-10-8-16-13(12-20)11-19-21(16)14-5-2-1-3-6-14/h1-3,5-6,11,15,18H,4,7-10,12H2. The molecule has 1 N–H and O–H groups in total. The molecule has 0 spiro atoms. The van der Waals surface area contributed by atoms with E-state index in [1.807, 2.05) is 34.0 Å². The number of benzene rings is 1. The Kier molecular flexibility index (Phi) is 3.42. The number of amides is 1. The highest BCUT2D eigenvalue weighted by Gasteiger charge is 2.30. The number of hydrogen-bond donors (Lipinski definition) is 1. The fourth-order valence-electron chi connectivity index (χ4n) is 3.43. The number of nitrogens with one attached hydrogen (secondary N) is 1. The molecule has 5 nitrogen and oxygen atoms in total. The summed E-state index contributed by atoms with van der Waals surface area (Å²) in [6.07, 6.45) is 4.83. The Morgan fingerprint density at radius 1 is 1.27 bits per heavy atom. The summed E-state index contributed by atoms with van der Waals surface area (Å²) in [5.41, 5.74) is 3.48. The highest BCUT2D eigenvalue weighted by molar-refractivity contribution is 5.82. The third-order valence-electron chi connectivity index (χ3n) is 4.61. The van der Waals surface area contributed by atoms with Crippen molar-refractivity contribution in [2.24, 2.45) is 0 Å². The molecule has 2 aliphatic rings. The van der Waals surface area contributed by atoms with Crippen LogP contribution in [-0.2, 0) is 17.8 Å². The third kappa shape index (κ3) is 2.31. The minimum Gasteiger partial charge on any atom is -0.336 e. The first kappa shape index (κ1) is 13.5. The molecular formula is C17H20N4O. The van der Waals surface area contributed by atoms with Gasteiger partial charge in [-0.15, -0.1) is 0 Å². The van der Waals surface area contributed by atoms with Crippen molar-refractivity contribution < 1.29 is 4.79 Å². The Labute approximate surface area is 129 Å². The highest BCUT2D eigenvalue weighted by atomic mass is 16.2. The lowest BCUT2D eigenvalue weighted by molar-refractivity contribution is -0.134. The van der Waals surface area contributed by atoms with Gasteiger partial charge in [0.15, 0.2) is 0 Å². The van der Waals surface area contributed by atoms with Crippen LogP contribution in [0.15, 0.2) is 36.5 Å². The van der Waals surface area contributed by atoms with E-state index in [0.29, 0.717) is 6.54 Å². The molecule has 1 aromatic heterocycles. The molecule has 1 atom stereocenters. The molecule has 1 unspecified atom stereocenters. The average molecular weight is 296 g/mol. The minimum absolute atomic E-state index is 0.0192. The number of fused-ring (bicyclic) bond motifs is 1. The molecule has 1 aromatic carbocycles. The van der Waals surface area contributed by atoms with E-state index in [4.69, 9.17) is 0 Å². The molecule has 4 rings (SSSR count). The van der Waals surface area contributed by atoms with Crippen LogP contribution < -0.4 is 5.32 Å². The molecule has 0 saturated carbocycles. The molecule has 5 heteroatoms. The second-order valence-corrected chi connectivity index (χ2v) is 6.02. The van der Waals surface area contributed by atoms with E-state index in [2.05, 4.69) is 22.5 Å². The van der Waals surface area contributed by atoms with Crippen molar-refractivity contribution in [2.75, 3.05) is 13.1 Å². The molecule has 0 aliphatic carbocycles. The Balaban J connectivity index is 1.55. The third-order valence-corrected chi connectivity index (χ3v) is 4.61. The van der Waals surface area contributed by atoms with Gasteiger partial charge in [-0.25, -0.2) is 4.68 Å². The van der Waals surface area contributed by atoms with Crippen LogP contribution in [0.25, 0.3) is 5.69 Å². The predicted octanol–water partition coefficient (Wildman–Crippen LogP) is 1.51. The average Bonchev–Trinajstić information content (AvgIpc) is 3.24. The van der Waals surface area contributed by atoms with Gasteiger partial charge in [-0.05, 0) is 31.5 Å². The van der Waals surface area contributed by atoms with Crippen molar-refractivity contribution in [2.45, 2.75) is 31.8 Å². The van der Waals surface area contributed by atoms with Crippen LogP contribution in [0.4, 0.5) is 0 Å². The van der Waals surface area contributed by atoms with Crippen LogP contribution in [0.2, 0.25) is 0 Å². The normalized spacial score (nSPS) is 20.9. The summed E-state index contributed by atoms with van der Waals surface area (Å²) in [5.74, 6) is 0.246. The first-order chi connectivity index (χ1) is 10.8. The van der Waals surface area contributed by atoms with Crippen molar-refractivity contribution in [1.29, 1.82) is 0 Å². The lowest BCUT2D eigenvalue weighted by Gasteiger charge is -2.29. The van der Waals surface area contributed by atoms with E-state index in [-0.39, 0.29) is 11.9 Å². The molecule has 114 valence electrons. The fourth-order valence-corrected chi connectivity index (χ4v) is 3.43. The molecule has 1 amide bonds. The zero-order valence-electron chi connectivity index (χ0n) is 12.5. The van der Waals surface area contributed by atoms with Crippen LogP contribution in [0.3, 0.4) is 0 Å². The number of carbonyl (C=O) groups is 1. The van der Waals surface area contributed by atoms with Crippen LogP contribution in [-0.4, -0.2) is 39.7 Å². The molecule has 1 saturated heterocycles. The van der Waals surface area contributed by atoms with Crippen LogP contribution in [0, 0.1) is 0 Å². The first-order valence-corrected chi connectivity index (χ1v) is 7.96. The fraction of sp³-hybridized carbons (Fsp3) is 0.412. The summed E-state index contributed by atoms with van der Waals surface area (Å²) in [5, 5.41) is 7.82. The van der Waals surface area contributed by atoms with Crippen LogP contribution in [0.5, 0.6) is 0 Å². The number of carbonyl (C=O) groups excluding carboxylic acids is 1. The summed E-state index contributed by atoms with van der Waals surface area (Å²) < 4.78 is 2.00. The summed E-state index contributed by atoms with van der Waals surface area (Å²) in [7, 11) is 0. The van der Waals surface area contributed by atoms with Crippen molar-refractivity contribution >= 4 is 5.91 Å². The van der Waals surface area contributed by atoms with Gasteiger partial charge >= 0.3 is 0 Å². The first-order valence-electron chi connectivity index (χ1n) is 7.96. The molecule has 1 fully saturated rings. The summed E-state index contributed by atoms with van der Waals surface area (Å²) in [6.45, 7) is 2.42. The minimum atomic E-state index is 0.0192. The molecule has 0 bridgehead atoms. The SMILES string of the molecule is O=C(C1CCCN1)N1CCc2c(cnn2-c2ccccc2)C1. The Morgan fingerprint density at radius 3 is 2.91 bits per heavy atom. The molecule has 22 heavy (non-hydrogen) atoms. The molecule has 0 radical (unpaired) electrons. The lowest BCUT2D eigenvalue weighted by atomic mass is 10.1. The van der Waals surface area contributed by atoms with E-state index in [9.17, 15) is 4.79 Å². The second kappa shape index (κ2) is 5.57. The second-order valence-electron chi connectivity index (χ2n) is 6.02. The summed E-state index contributed by atoms with van der Waals surface area (Å²) in [6, 6.07) is 10.2. The van der Waals surface area contributed by atoms with Crippen molar-refractivity contribution in [3.05, 3.63) is 47.8 Å². The molecular weight excluding hydrogens is 276 g/mol. The quantitative estimate of drug-likeness (QED) is 0.914. The topological polar surface area (TPSA) is 50.2 Å². The van der Waals surface area contributed by atoms with Gasteiger partial charge in [0, 0.05) is 25.1 Å². The van der Waals surface area contributed by atoms with Crippen LogP contribution in [0.1, 0.15) is 24.1 Å². The predicted molar refractivity (Wildman–Crippen MR) is 83.7 cm³/mol.